The Bertz CT molecular complexity index is 1420. The Hall–Kier alpha value is -3.11. The number of para-hydroxylation sites is 1. The lowest BCUT2D eigenvalue weighted by Gasteiger charge is -2.30. The van der Waals surface area contributed by atoms with Crippen LogP contribution in [0.15, 0.2) is 33.8 Å². The topological polar surface area (TPSA) is 102 Å². The molecule has 3 aromatic heterocycles. The molecule has 0 radical (unpaired) electrons. The monoisotopic (exact) mass is 452 g/mol. The van der Waals surface area contributed by atoms with Crippen LogP contribution in [-0.4, -0.2) is 59.8 Å². The molecule has 1 atom stereocenters. The second-order valence-electron chi connectivity index (χ2n) is 9.46. The number of nitrogens with zero attached hydrogens (tertiary/aromatic N) is 6. The fourth-order valence-corrected chi connectivity index (χ4v) is 4.75. The van der Waals surface area contributed by atoms with Gasteiger partial charge < -0.3 is 14.2 Å². The Morgan fingerprint density at radius 1 is 1.27 bits per heavy atom. The minimum absolute atomic E-state index is 0.101. The van der Waals surface area contributed by atoms with Crippen molar-refractivity contribution in [1.82, 2.24) is 29.0 Å². The minimum atomic E-state index is -0.469. The van der Waals surface area contributed by atoms with Gasteiger partial charge in [0.05, 0.1) is 11.6 Å². The lowest BCUT2D eigenvalue weighted by atomic mass is 10.1. The molecule has 2 fully saturated rings. The molecule has 33 heavy (non-hydrogen) atoms. The highest BCUT2D eigenvalue weighted by Crippen LogP contribution is 2.47. The third-order valence-corrected chi connectivity index (χ3v) is 6.98. The van der Waals surface area contributed by atoms with Gasteiger partial charge in [0, 0.05) is 25.0 Å². The summed E-state index contributed by atoms with van der Waals surface area (Å²) in [6.07, 6.45) is 4.80. The van der Waals surface area contributed by atoms with Crippen molar-refractivity contribution in [3.8, 4) is 11.5 Å². The molecule has 1 saturated heterocycles. The van der Waals surface area contributed by atoms with Gasteiger partial charge in [-0.2, -0.15) is 4.98 Å². The van der Waals surface area contributed by atoms with Crippen LogP contribution >= 0.6 is 0 Å². The van der Waals surface area contributed by atoms with E-state index in [1.165, 1.54) is 17.0 Å². The molecule has 2 aliphatic rings. The van der Waals surface area contributed by atoms with Crippen LogP contribution in [0, 0.1) is 5.82 Å². The molecule has 1 unspecified atom stereocenters. The zero-order valence-electron chi connectivity index (χ0n) is 18.4. The first-order valence-electron chi connectivity index (χ1n) is 11.4. The number of aromatic nitrogens is 5. The van der Waals surface area contributed by atoms with Crippen LogP contribution < -0.4 is 5.56 Å². The number of benzene rings is 1. The predicted molar refractivity (Wildman–Crippen MR) is 118 cm³/mol. The average Bonchev–Trinajstić information content (AvgIpc) is 3.20. The molecule has 0 bridgehead atoms. The van der Waals surface area contributed by atoms with Crippen LogP contribution in [0.1, 0.15) is 38.5 Å². The number of hydrogen-bond donors (Lipinski definition) is 1. The molecule has 1 saturated carbocycles. The van der Waals surface area contributed by atoms with E-state index in [1.54, 1.807) is 16.5 Å². The predicted octanol–water partition coefficient (Wildman–Crippen LogP) is 2.35. The summed E-state index contributed by atoms with van der Waals surface area (Å²) in [5.74, 6) is 0.345. The van der Waals surface area contributed by atoms with Gasteiger partial charge in [0.25, 0.3) is 5.56 Å². The number of fused-ring (bicyclic) bond motifs is 3. The first kappa shape index (κ1) is 20.5. The van der Waals surface area contributed by atoms with Gasteiger partial charge in [-0.3, -0.25) is 14.1 Å². The van der Waals surface area contributed by atoms with Crippen LogP contribution in [0.4, 0.5) is 4.39 Å². The largest absolute Gasteiger partial charge is 0.392 e. The third kappa shape index (κ3) is 3.36. The number of piperidine rings is 1. The van der Waals surface area contributed by atoms with Crippen molar-refractivity contribution < 1.29 is 14.0 Å². The molecule has 1 aliphatic heterocycles. The fraction of sp³-hybridized carbons (Fsp3) is 0.478. The Labute approximate surface area is 188 Å². The van der Waals surface area contributed by atoms with E-state index in [1.807, 2.05) is 0 Å². The molecule has 172 valence electrons. The molecule has 10 heteroatoms. The fourth-order valence-electron chi connectivity index (χ4n) is 4.75. The number of halogens is 1. The molecule has 4 aromatic rings. The van der Waals surface area contributed by atoms with Crippen LogP contribution in [0.3, 0.4) is 0 Å². The number of β-amino-alcohol motifs (C(OH)–C–C–N with tert-alkyl or cyclic N) is 1. The molecule has 9 nitrogen and oxygen atoms in total. The number of hydrogen-bond acceptors (Lipinski definition) is 7. The number of rotatable bonds is 5. The van der Waals surface area contributed by atoms with Crippen molar-refractivity contribution in [2.45, 2.75) is 50.7 Å². The molecule has 1 aromatic carbocycles. The summed E-state index contributed by atoms with van der Waals surface area (Å²) in [6, 6.07) is 4.74. The van der Waals surface area contributed by atoms with E-state index < -0.39 is 5.82 Å². The lowest BCUT2D eigenvalue weighted by Crippen LogP contribution is -2.41. The van der Waals surface area contributed by atoms with Gasteiger partial charge in [0.1, 0.15) is 28.9 Å². The zero-order chi connectivity index (χ0) is 22.7. The maximum Gasteiger partial charge on any atom is 0.277 e. The van der Waals surface area contributed by atoms with Gasteiger partial charge in [-0.05, 0) is 44.4 Å². The Balaban J connectivity index is 1.48. The highest BCUT2D eigenvalue weighted by atomic mass is 19.1. The van der Waals surface area contributed by atoms with Crippen LogP contribution in [0.25, 0.3) is 28.1 Å². The van der Waals surface area contributed by atoms with Crippen molar-refractivity contribution in [3.63, 3.8) is 0 Å². The van der Waals surface area contributed by atoms with E-state index in [4.69, 9.17) is 4.52 Å². The summed E-state index contributed by atoms with van der Waals surface area (Å²) >= 11 is 0. The van der Waals surface area contributed by atoms with Gasteiger partial charge in [-0.15, -0.1) is 0 Å². The molecular formula is C23H25FN6O3. The standard InChI is InChI=1S/C23H25FN6O3/c1-23(7-8-23)22-26-20(27-33-22)17-19-21(32)29(11-10-28-9-3-4-14(31)12-28)18-15(24)5-2-6-16(18)30(19)13-25-17/h2,5-6,13-14,31H,3-4,7-12H2,1H3. The van der Waals surface area contributed by atoms with E-state index in [0.29, 0.717) is 42.3 Å². The summed E-state index contributed by atoms with van der Waals surface area (Å²) < 4.78 is 23.5. The van der Waals surface area contributed by atoms with E-state index in [2.05, 4.69) is 26.9 Å². The molecule has 0 amide bonds. The summed E-state index contributed by atoms with van der Waals surface area (Å²) in [7, 11) is 0. The van der Waals surface area contributed by atoms with Crippen LogP contribution in [0.5, 0.6) is 0 Å². The second kappa shape index (κ2) is 7.46. The number of aliphatic hydroxyl groups is 1. The maximum atomic E-state index is 15.0. The van der Waals surface area contributed by atoms with Gasteiger partial charge in [0.2, 0.25) is 11.7 Å². The van der Waals surface area contributed by atoms with Gasteiger partial charge in [-0.1, -0.05) is 18.1 Å². The van der Waals surface area contributed by atoms with E-state index in [0.717, 1.165) is 32.2 Å². The maximum absolute atomic E-state index is 15.0. The highest BCUT2D eigenvalue weighted by molar-refractivity contribution is 5.84. The van der Waals surface area contributed by atoms with E-state index in [-0.39, 0.29) is 28.4 Å². The number of aliphatic hydroxyl groups excluding tert-OH is 1. The van der Waals surface area contributed by atoms with Gasteiger partial charge in [0.15, 0.2) is 0 Å². The van der Waals surface area contributed by atoms with E-state index in [9.17, 15) is 14.3 Å². The van der Waals surface area contributed by atoms with Crippen LogP contribution in [-0.2, 0) is 12.0 Å². The average molecular weight is 452 g/mol. The van der Waals surface area contributed by atoms with Crippen molar-refractivity contribution in [2.75, 3.05) is 19.6 Å². The van der Waals surface area contributed by atoms with Crippen molar-refractivity contribution in [1.29, 1.82) is 0 Å². The Morgan fingerprint density at radius 3 is 2.91 bits per heavy atom. The van der Waals surface area contributed by atoms with Gasteiger partial charge in [-0.25, -0.2) is 9.37 Å². The molecule has 6 rings (SSSR count). The van der Waals surface area contributed by atoms with Crippen LogP contribution in [0.2, 0.25) is 0 Å². The number of likely N-dealkylation sites (tertiary alicyclic amines) is 1. The second-order valence-corrected chi connectivity index (χ2v) is 9.46. The molecule has 1 aliphatic carbocycles. The Kier molecular flexibility index (Phi) is 4.63. The van der Waals surface area contributed by atoms with Crippen molar-refractivity contribution >= 4 is 16.6 Å². The highest BCUT2D eigenvalue weighted by Gasteiger charge is 2.44. The first-order valence-corrected chi connectivity index (χ1v) is 11.4. The summed E-state index contributed by atoms with van der Waals surface area (Å²) in [4.78, 5) is 24.7. The molecule has 0 spiro atoms. The van der Waals surface area contributed by atoms with E-state index >= 15 is 0 Å². The Morgan fingerprint density at radius 2 is 2.12 bits per heavy atom. The zero-order valence-corrected chi connectivity index (χ0v) is 18.4. The molecular weight excluding hydrogens is 427 g/mol. The van der Waals surface area contributed by atoms with Gasteiger partial charge >= 0.3 is 0 Å². The quantitative estimate of drug-likeness (QED) is 0.496. The molecule has 1 N–H and O–H groups in total. The third-order valence-electron chi connectivity index (χ3n) is 6.98. The summed E-state index contributed by atoms with van der Waals surface area (Å²) in [5, 5.41) is 14.1. The normalized spacial score (nSPS) is 20.6. The minimum Gasteiger partial charge on any atom is -0.392 e. The SMILES string of the molecule is CC1(c2nc(-c3ncn4c3c(=O)n(CCN3CCCC(O)C3)c3c(F)cccc34)no2)CC1. The van der Waals surface area contributed by atoms with Crippen molar-refractivity contribution in [3.05, 3.63) is 46.6 Å². The first-order chi connectivity index (χ1) is 15.9. The molecule has 4 heterocycles. The smallest absolute Gasteiger partial charge is 0.277 e. The lowest BCUT2D eigenvalue weighted by molar-refractivity contribution is 0.0689. The van der Waals surface area contributed by atoms with Crippen molar-refractivity contribution in [2.24, 2.45) is 0 Å². The summed E-state index contributed by atoms with van der Waals surface area (Å²) in [5.41, 5.74) is 0.931. The summed E-state index contributed by atoms with van der Waals surface area (Å²) in [6.45, 7) is 4.29. The number of imidazole rings is 1.